The average molecular weight is 342 g/mol. The molecule has 1 amide bonds. The Hall–Kier alpha value is -2.24. The lowest BCUT2D eigenvalue weighted by Crippen LogP contribution is -2.50. The molecule has 1 saturated heterocycles. The Morgan fingerprint density at radius 2 is 1.64 bits per heavy atom. The Labute approximate surface area is 147 Å². The highest BCUT2D eigenvalue weighted by Gasteiger charge is 2.23. The predicted octanol–water partition coefficient (Wildman–Crippen LogP) is 2.25. The monoisotopic (exact) mass is 342 g/mol. The minimum Gasteiger partial charge on any atom is -0.387 e. The summed E-state index contributed by atoms with van der Waals surface area (Å²) >= 11 is 0. The second-order valence-electron chi connectivity index (χ2n) is 6.41. The Morgan fingerprint density at radius 3 is 2.28 bits per heavy atom. The standard InChI is InChI=1S/C20H23FN2O2/c21-18-8-6-16(7-9-18)14-20(25)23-12-10-22(11-13-23)15-19(24)17-4-2-1-3-5-17/h1-9,19,24H,10-15H2/t19-/m1/s1. The molecule has 0 radical (unpaired) electrons. The smallest absolute Gasteiger partial charge is 0.227 e. The van der Waals surface area contributed by atoms with Gasteiger partial charge in [0.05, 0.1) is 12.5 Å². The lowest BCUT2D eigenvalue weighted by molar-refractivity contribution is -0.132. The van der Waals surface area contributed by atoms with E-state index in [0.29, 0.717) is 26.1 Å². The van der Waals surface area contributed by atoms with Crippen molar-refractivity contribution < 1.29 is 14.3 Å². The molecule has 1 aliphatic heterocycles. The van der Waals surface area contributed by atoms with Crippen molar-refractivity contribution in [2.24, 2.45) is 0 Å². The molecular weight excluding hydrogens is 319 g/mol. The van der Waals surface area contributed by atoms with Crippen LogP contribution in [0.3, 0.4) is 0 Å². The molecule has 0 saturated carbocycles. The van der Waals surface area contributed by atoms with Crippen LogP contribution in [-0.4, -0.2) is 53.5 Å². The van der Waals surface area contributed by atoms with E-state index in [1.54, 1.807) is 12.1 Å². The van der Waals surface area contributed by atoms with Gasteiger partial charge in [0.15, 0.2) is 0 Å². The molecular formula is C20H23FN2O2. The first kappa shape index (κ1) is 17.6. The van der Waals surface area contributed by atoms with Crippen molar-refractivity contribution in [2.45, 2.75) is 12.5 Å². The highest BCUT2D eigenvalue weighted by Crippen LogP contribution is 2.15. The van der Waals surface area contributed by atoms with Crippen molar-refractivity contribution in [1.29, 1.82) is 0 Å². The van der Waals surface area contributed by atoms with Crippen molar-refractivity contribution in [1.82, 2.24) is 9.80 Å². The summed E-state index contributed by atoms with van der Waals surface area (Å²) in [6.45, 7) is 3.38. The maximum atomic E-state index is 12.9. The zero-order chi connectivity index (χ0) is 17.6. The fourth-order valence-corrected chi connectivity index (χ4v) is 3.09. The highest BCUT2D eigenvalue weighted by atomic mass is 19.1. The minimum atomic E-state index is -0.511. The van der Waals surface area contributed by atoms with E-state index in [4.69, 9.17) is 0 Å². The SMILES string of the molecule is O=C(Cc1ccc(F)cc1)N1CCN(C[C@@H](O)c2ccccc2)CC1. The van der Waals surface area contributed by atoms with Gasteiger partial charge in [-0.05, 0) is 23.3 Å². The molecule has 0 aliphatic carbocycles. The van der Waals surface area contributed by atoms with Crippen molar-refractivity contribution in [3.63, 3.8) is 0 Å². The molecule has 4 nitrogen and oxygen atoms in total. The first-order valence-corrected chi connectivity index (χ1v) is 8.59. The van der Waals surface area contributed by atoms with Crippen LogP contribution in [0.15, 0.2) is 54.6 Å². The van der Waals surface area contributed by atoms with Gasteiger partial charge in [-0.2, -0.15) is 0 Å². The number of carbonyl (C=O) groups is 1. The van der Waals surface area contributed by atoms with Gasteiger partial charge in [0, 0.05) is 32.7 Å². The van der Waals surface area contributed by atoms with Crippen LogP contribution in [0.4, 0.5) is 4.39 Å². The number of rotatable bonds is 5. The van der Waals surface area contributed by atoms with Crippen LogP contribution >= 0.6 is 0 Å². The maximum Gasteiger partial charge on any atom is 0.227 e. The minimum absolute atomic E-state index is 0.0647. The number of carbonyl (C=O) groups excluding carboxylic acids is 1. The molecule has 1 fully saturated rings. The summed E-state index contributed by atoms with van der Waals surface area (Å²) in [5.74, 6) is -0.225. The summed E-state index contributed by atoms with van der Waals surface area (Å²) in [6, 6.07) is 15.7. The Morgan fingerprint density at radius 1 is 1.00 bits per heavy atom. The molecule has 1 heterocycles. The van der Waals surface area contributed by atoms with Gasteiger partial charge >= 0.3 is 0 Å². The molecule has 1 aliphatic rings. The zero-order valence-corrected chi connectivity index (χ0v) is 14.1. The third-order valence-corrected chi connectivity index (χ3v) is 4.61. The van der Waals surface area contributed by atoms with Gasteiger partial charge in [0.1, 0.15) is 5.82 Å². The number of amides is 1. The highest BCUT2D eigenvalue weighted by molar-refractivity contribution is 5.78. The van der Waals surface area contributed by atoms with Crippen LogP contribution in [0.5, 0.6) is 0 Å². The van der Waals surface area contributed by atoms with Crippen molar-refractivity contribution in [2.75, 3.05) is 32.7 Å². The summed E-state index contributed by atoms with van der Waals surface area (Å²) in [7, 11) is 0. The van der Waals surface area contributed by atoms with Gasteiger partial charge in [-0.3, -0.25) is 9.69 Å². The number of aliphatic hydroxyl groups excluding tert-OH is 1. The lowest BCUT2D eigenvalue weighted by Gasteiger charge is -2.35. The number of β-amino-alcohol motifs (C(OH)–C–C–N with tert-alkyl or cyclic N) is 1. The van der Waals surface area contributed by atoms with Crippen LogP contribution in [0.25, 0.3) is 0 Å². The van der Waals surface area contributed by atoms with E-state index in [0.717, 1.165) is 24.2 Å². The average Bonchev–Trinajstić information content (AvgIpc) is 2.65. The molecule has 25 heavy (non-hydrogen) atoms. The third kappa shape index (κ3) is 4.87. The van der Waals surface area contributed by atoms with Gasteiger partial charge in [-0.25, -0.2) is 4.39 Å². The lowest BCUT2D eigenvalue weighted by atomic mass is 10.1. The van der Waals surface area contributed by atoms with Crippen LogP contribution in [0, 0.1) is 5.82 Å². The molecule has 0 spiro atoms. The number of benzene rings is 2. The van der Waals surface area contributed by atoms with E-state index in [2.05, 4.69) is 4.90 Å². The number of hydrogen-bond donors (Lipinski definition) is 1. The fourth-order valence-electron chi connectivity index (χ4n) is 3.09. The number of hydrogen-bond acceptors (Lipinski definition) is 3. The summed E-state index contributed by atoms with van der Waals surface area (Å²) in [6.07, 6.45) is -0.213. The topological polar surface area (TPSA) is 43.8 Å². The van der Waals surface area contributed by atoms with Crippen molar-refractivity contribution in [3.8, 4) is 0 Å². The number of aliphatic hydroxyl groups is 1. The molecule has 0 unspecified atom stereocenters. The van der Waals surface area contributed by atoms with Crippen LogP contribution in [-0.2, 0) is 11.2 Å². The summed E-state index contributed by atoms with van der Waals surface area (Å²) in [5, 5.41) is 10.3. The van der Waals surface area contributed by atoms with Crippen LogP contribution < -0.4 is 0 Å². The quantitative estimate of drug-likeness (QED) is 0.906. The van der Waals surface area contributed by atoms with E-state index in [1.807, 2.05) is 35.2 Å². The van der Waals surface area contributed by atoms with E-state index < -0.39 is 6.10 Å². The normalized spacial score (nSPS) is 16.6. The first-order valence-electron chi connectivity index (χ1n) is 8.59. The molecule has 1 N–H and O–H groups in total. The second-order valence-corrected chi connectivity index (χ2v) is 6.41. The zero-order valence-electron chi connectivity index (χ0n) is 14.1. The van der Waals surface area contributed by atoms with Gasteiger partial charge in [0.25, 0.3) is 0 Å². The summed E-state index contributed by atoms with van der Waals surface area (Å²) in [5.41, 5.74) is 1.74. The number of halogens is 1. The van der Waals surface area contributed by atoms with Gasteiger partial charge < -0.3 is 10.0 Å². The second kappa shape index (κ2) is 8.23. The van der Waals surface area contributed by atoms with Crippen molar-refractivity contribution >= 4 is 5.91 Å². The number of nitrogens with zero attached hydrogens (tertiary/aromatic N) is 2. The molecule has 2 aromatic carbocycles. The summed E-state index contributed by atoms with van der Waals surface area (Å²) < 4.78 is 12.9. The Balaban J connectivity index is 1.46. The van der Waals surface area contributed by atoms with Crippen molar-refractivity contribution in [3.05, 3.63) is 71.5 Å². The molecule has 0 bridgehead atoms. The van der Waals surface area contributed by atoms with E-state index in [-0.39, 0.29) is 11.7 Å². The first-order chi connectivity index (χ1) is 12.1. The fraction of sp³-hybridized carbons (Fsp3) is 0.350. The third-order valence-electron chi connectivity index (χ3n) is 4.61. The molecule has 0 aromatic heterocycles. The number of piperazine rings is 1. The Kier molecular flexibility index (Phi) is 5.79. The molecule has 5 heteroatoms. The maximum absolute atomic E-state index is 12.9. The molecule has 3 rings (SSSR count). The molecule has 1 atom stereocenters. The van der Waals surface area contributed by atoms with Gasteiger partial charge in [-0.1, -0.05) is 42.5 Å². The van der Waals surface area contributed by atoms with E-state index >= 15 is 0 Å². The van der Waals surface area contributed by atoms with Crippen LogP contribution in [0.2, 0.25) is 0 Å². The van der Waals surface area contributed by atoms with Crippen LogP contribution in [0.1, 0.15) is 17.2 Å². The molecule has 132 valence electrons. The Bertz CT molecular complexity index is 683. The van der Waals surface area contributed by atoms with Gasteiger partial charge in [0.2, 0.25) is 5.91 Å². The summed E-state index contributed by atoms with van der Waals surface area (Å²) in [4.78, 5) is 16.4. The predicted molar refractivity (Wildman–Crippen MR) is 94.5 cm³/mol. The largest absolute Gasteiger partial charge is 0.387 e. The molecule has 2 aromatic rings. The van der Waals surface area contributed by atoms with E-state index in [1.165, 1.54) is 12.1 Å². The van der Waals surface area contributed by atoms with E-state index in [9.17, 15) is 14.3 Å². The van der Waals surface area contributed by atoms with Gasteiger partial charge in [-0.15, -0.1) is 0 Å².